The summed E-state index contributed by atoms with van der Waals surface area (Å²) in [6.45, 7) is 6.22. The highest BCUT2D eigenvalue weighted by Crippen LogP contribution is 2.43. The van der Waals surface area contributed by atoms with Gasteiger partial charge in [0, 0.05) is 12.7 Å². The highest BCUT2D eigenvalue weighted by atomic mass is 32.2. The number of carbonyl (C=O) groups is 2. The second-order valence-electron chi connectivity index (χ2n) is 7.55. The highest BCUT2D eigenvalue weighted by Gasteiger charge is 2.43. The average Bonchev–Trinajstić information content (AvgIpc) is 3.05. The SMILES string of the molecule is CCCNC(=S)NS(=O)(=O)c1cc(C(CC2(CC)C(=O)NC=C2C)NC=O)ccc1OC. The van der Waals surface area contributed by atoms with E-state index in [0.717, 1.165) is 12.0 Å². The minimum atomic E-state index is -4.06. The first kappa shape index (κ1) is 25.6. The van der Waals surface area contributed by atoms with Gasteiger partial charge in [-0.15, -0.1) is 0 Å². The number of hydrogen-bond acceptors (Lipinski definition) is 6. The number of amides is 2. The van der Waals surface area contributed by atoms with E-state index < -0.39 is 21.5 Å². The van der Waals surface area contributed by atoms with Crippen molar-refractivity contribution in [1.82, 2.24) is 20.7 Å². The molecule has 1 aromatic carbocycles. The topological polar surface area (TPSA) is 126 Å². The van der Waals surface area contributed by atoms with E-state index in [4.69, 9.17) is 17.0 Å². The van der Waals surface area contributed by atoms with Crippen LogP contribution in [0.4, 0.5) is 0 Å². The van der Waals surface area contributed by atoms with Crippen molar-refractivity contribution in [3.05, 3.63) is 35.5 Å². The Balaban J connectivity index is 2.45. The fourth-order valence-corrected chi connectivity index (χ4v) is 5.31. The number of ether oxygens (including phenoxy) is 1. The number of rotatable bonds is 11. The summed E-state index contributed by atoms with van der Waals surface area (Å²) < 4.78 is 33.6. The van der Waals surface area contributed by atoms with Crippen LogP contribution in [-0.2, 0) is 19.6 Å². The van der Waals surface area contributed by atoms with Gasteiger partial charge in [-0.05, 0) is 61.7 Å². The summed E-state index contributed by atoms with van der Waals surface area (Å²) in [6, 6.07) is 4.01. The van der Waals surface area contributed by atoms with E-state index in [0.29, 0.717) is 24.9 Å². The zero-order chi connectivity index (χ0) is 23.9. The summed E-state index contributed by atoms with van der Waals surface area (Å²) in [5.41, 5.74) is 0.577. The number of carbonyl (C=O) groups excluding carboxylic acids is 2. The Kier molecular flexibility index (Phi) is 8.62. The molecule has 11 heteroatoms. The van der Waals surface area contributed by atoms with Crippen LogP contribution in [0, 0.1) is 5.41 Å². The summed E-state index contributed by atoms with van der Waals surface area (Å²) in [7, 11) is -2.69. The molecule has 0 saturated heterocycles. The second-order valence-corrected chi connectivity index (χ2v) is 9.61. The van der Waals surface area contributed by atoms with E-state index in [1.165, 1.54) is 19.2 Å². The lowest BCUT2D eigenvalue weighted by molar-refractivity contribution is -0.128. The third-order valence-electron chi connectivity index (χ3n) is 5.68. The molecule has 4 N–H and O–H groups in total. The summed E-state index contributed by atoms with van der Waals surface area (Å²) in [4.78, 5) is 23.9. The molecule has 0 aliphatic carbocycles. The van der Waals surface area contributed by atoms with Gasteiger partial charge in [-0.2, -0.15) is 0 Å². The van der Waals surface area contributed by atoms with Crippen LogP contribution >= 0.6 is 12.2 Å². The number of thiocarbonyl (C=S) groups is 1. The van der Waals surface area contributed by atoms with E-state index in [1.807, 2.05) is 20.8 Å². The minimum Gasteiger partial charge on any atom is -0.495 e. The Morgan fingerprint density at radius 1 is 1.34 bits per heavy atom. The lowest BCUT2D eigenvalue weighted by Crippen LogP contribution is -2.39. The van der Waals surface area contributed by atoms with E-state index in [1.54, 1.807) is 12.3 Å². The quantitative estimate of drug-likeness (QED) is 0.280. The van der Waals surface area contributed by atoms with Crippen molar-refractivity contribution in [2.75, 3.05) is 13.7 Å². The van der Waals surface area contributed by atoms with Crippen LogP contribution in [0.2, 0.25) is 0 Å². The molecule has 2 amide bonds. The Hall–Kier alpha value is -2.66. The van der Waals surface area contributed by atoms with Crippen LogP contribution < -0.4 is 25.4 Å². The first-order valence-electron chi connectivity index (χ1n) is 10.3. The van der Waals surface area contributed by atoms with E-state index in [2.05, 4.69) is 20.7 Å². The molecule has 2 unspecified atom stereocenters. The van der Waals surface area contributed by atoms with Crippen LogP contribution in [0.15, 0.2) is 34.9 Å². The third-order valence-corrected chi connectivity index (χ3v) is 7.42. The normalized spacial score (nSPS) is 18.9. The molecule has 0 radical (unpaired) electrons. The molecular weight excluding hydrogens is 452 g/mol. The molecule has 176 valence electrons. The molecule has 1 aromatic rings. The fourth-order valence-electron chi connectivity index (χ4n) is 3.74. The maximum Gasteiger partial charge on any atom is 0.267 e. The van der Waals surface area contributed by atoms with Gasteiger partial charge < -0.3 is 20.7 Å². The Morgan fingerprint density at radius 3 is 2.59 bits per heavy atom. The molecule has 1 aliphatic heterocycles. The van der Waals surface area contributed by atoms with Crippen molar-refractivity contribution in [3.63, 3.8) is 0 Å². The van der Waals surface area contributed by atoms with Gasteiger partial charge in [0.05, 0.1) is 18.6 Å². The van der Waals surface area contributed by atoms with E-state index >= 15 is 0 Å². The second kappa shape index (κ2) is 10.8. The fraction of sp³-hybridized carbons (Fsp3) is 0.476. The molecule has 2 rings (SSSR count). The average molecular weight is 483 g/mol. The lowest BCUT2D eigenvalue weighted by Gasteiger charge is -2.31. The van der Waals surface area contributed by atoms with Crippen LogP contribution in [0.25, 0.3) is 0 Å². The molecule has 0 aromatic heterocycles. The standard InChI is InChI=1S/C21H30N4O5S2/c1-5-9-22-20(31)25-32(28,29)18-10-15(7-8-17(18)30-4)16(24-13-26)11-21(6-2)14(3)12-23-19(21)27/h7-8,10,12-13,16H,5-6,9,11H2,1-4H3,(H,23,27)(H,24,26)(H2,22,25,31). The zero-order valence-electron chi connectivity index (χ0n) is 18.7. The summed E-state index contributed by atoms with van der Waals surface area (Å²) in [5.74, 6) is -0.0187. The predicted octanol–water partition coefficient (Wildman–Crippen LogP) is 1.87. The summed E-state index contributed by atoms with van der Waals surface area (Å²) in [6.07, 6.45) is 3.78. The van der Waals surface area contributed by atoms with Crippen LogP contribution in [0.5, 0.6) is 5.75 Å². The van der Waals surface area contributed by atoms with Crippen molar-refractivity contribution in [2.24, 2.45) is 5.41 Å². The largest absolute Gasteiger partial charge is 0.495 e. The maximum atomic E-state index is 13.0. The zero-order valence-corrected chi connectivity index (χ0v) is 20.3. The van der Waals surface area contributed by atoms with E-state index in [9.17, 15) is 18.0 Å². The third kappa shape index (κ3) is 5.39. The predicted molar refractivity (Wildman–Crippen MR) is 125 cm³/mol. The van der Waals surface area contributed by atoms with Gasteiger partial charge in [-0.3, -0.25) is 14.3 Å². The van der Waals surface area contributed by atoms with Gasteiger partial charge in [0.2, 0.25) is 12.3 Å². The first-order chi connectivity index (χ1) is 15.1. The molecule has 1 aliphatic rings. The van der Waals surface area contributed by atoms with Crippen molar-refractivity contribution >= 4 is 39.7 Å². The van der Waals surface area contributed by atoms with Gasteiger partial charge >= 0.3 is 0 Å². The lowest BCUT2D eigenvalue weighted by atomic mass is 9.73. The van der Waals surface area contributed by atoms with Gasteiger partial charge in [0.15, 0.2) is 5.11 Å². The Morgan fingerprint density at radius 2 is 2.06 bits per heavy atom. The number of sulfonamides is 1. The summed E-state index contributed by atoms with van der Waals surface area (Å²) in [5, 5.41) is 8.26. The Bertz CT molecular complexity index is 1010. The number of nitrogens with one attached hydrogen (secondary N) is 4. The van der Waals surface area contributed by atoms with Crippen LogP contribution in [0.3, 0.4) is 0 Å². The first-order valence-corrected chi connectivity index (χ1v) is 12.2. The van der Waals surface area contributed by atoms with Crippen molar-refractivity contribution in [2.45, 2.75) is 51.0 Å². The smallest absolute Gasteiger partial charge is 0.267 e. The van der Waals surface area contributed by atoms with Gasteiger partial charge in [-0.1, -0.05) is 19.9 Å². The molecule has 0 bridgehead atoms. The molecular formula is C21H30N4O5S2. The van der Waals surface area contributed by atoms with Crippen LogP contribution in [-0.4, -0.2) is 39.5 Å². The monoisotopic (exact) mass is 482 g/mol. The van der Waals surface area contributed by atoms with Gasteiger partial charge in [0.25, 0.3) is 10.0 Å². The molecule has 0 saturated carbocycles. The summed E-state index contributed by atoms with van der Waals surface area (Å²) >= 11 is 5.07. The van der Waals surface area contributed by atoms with Gasteiger partial charge in [0.1, 0.15) is 10.6 Å². The molecule has 0 fully saturated rings. The number of hydrogen-bond donors (Lipinski definition) is 4. The van der Waals surface area contributed by atoms with Crippen molar-refractivity contribution in [3.8, 4) is 5.75 Å². The van der Waals surface area contributed by atoms with Crippen molar-refractivity contribution in [1.29, 1.82) is 0 Å². The Labute approximate surface area is 194 Å². The number of benzene rings is 1. The molecule has 2 atom stereocenters. The van der Waals surface area contributed by atoms with Crippen molar-refractivity contribution < 1.29 is 22.7 Å². The highest BCUT2D eigenvalue weighted by molar-refractivity contribution is 7.92. The minimum absolute atomic E-state index is 0.0183. The van der Waals surface area contributed by atoms with E-state index in [-0.39, 0.29) is 28.1 Å². The maximum absolute atomic E-state index is 13.0. The molecule has 9 nitrogen and oxygen atoms in total. The van der Waals surface area contributed by atoms with Gasteiger partial charge in [-0.25, -0.2) is 8.42 Å². The number of methoxy groups -OCH3 is 1. The molecule has 1 heterocycles. The van der Waals surface area contributed by atoms with Crippen LogP contribution in [0.1, 0.15) is 51.6 Å². The molecule has 32 heavy (non-hydrogen) atoms. The molecule has 0 spiro atoms.